The van der Waals surface area contributed by atoms with Gasteiger partial charge in [0, 0.05) is 12.6 Å². The van der Waals surface area contributed by atoms with Gasteiger partial charge in [0.15, 0.2) is 0 Å². The van der Waals surface area contributed by atoms with Crippen molar-refractivity contribution in [2.75, 3.05) is 20.2 Å². The number of β-amino-alcohol motifs (C(OH)–C–C–N with tert-alkyl or cyclic N) is 1. The zero-order chi connectivity index (χ0) is 6.85. The standard InChI is InChI=1S/C6H13NO2/c1-7-3-6(9)2-5(7)4-8/h5-6,8-9H,2-4H2,1H3/t5-,6-/m1/s1. The Bertz CT molecular complexity index is 97.1. The smallest absolute Gasteiger partial charge is 0.0682 e. The van der Waals surface area contributed by atoms with E-state index < -0.39 is 0 Å². The summed E-state index contributed by atoms with van der Waals surface area (Å²) >= 11 is 0. The van der Waals surface area contributed by atoms with Gasteiger partial charge in [0.25, 0.3) is 0 Å². The Morgan fingerprint density at radius 1 is 1.67 bits per heavy atom. The predicted molar refractivity (Wildman–Crippen MR) is 34.1 cm³/mol. The quantitative estimate of drug-likeness (QED) is 0.482. The van der Waals surface area contributed by atoms with Gasteiger partial charge in [-0.2, -0.15) is 0 Å². The lowest BCUT2D eigenvalue weighted by Crippen LogP contribution is -2.27. The molecule has 0 bridgehead atoms. The molecule has 1 saturated heterocycles. The predicted octanol–water partition coefficient (Wildman–Crippen LogP) is -0.956. The Balaban J connectivity index is 2.38. The highest BCUT2D eigenvalue weighted by atomic mass is 16.3. The number of hydrogen-bond donors (Lipinski definition) is 2. The van der Waals surface area contributed by atoms with Crippen molar-refractivity contribution in [2.45, 2.75) is 18.6 Å². The van der Waals surface area contributed by atoms with Crippen LogP contribution in [0.3, 0.4) is 0 Å². The summed E-state index contributed by atoms with van der Waals surface area (Å²) in [6.45, 7) is 0.860. The second-order valence-electron chi connectivity index (χ2n) is 2.67. The van der Waals surface area contributed by atoms with Gasteiger partial charge in [-0.05, 0) is 13.5 Å². The van der Waals surface area contributed by atoms with E-state index in [0.29, 0.717) is 13.0 Å². The fourth-order valence-electron chi connectivity index (χ4n) is 1.26. The second kappa shape index (κ2) is 2.64. The average Bonchev–Trinajstić information content (AvgIpc) is 2.10. The van der Waals surface area contributed by atoms with Crippen LogP contribution in [0, 0.1) is 0 Å². The highest BCUT2D eigenvalue weighted by molar-refractivity contribution is 4.81. The maximum Gasteiger partial charge on any atom is 0.0682 e. The topological polar surface area (TPSA) is 43.7 Å². The van der Waals surface area contributed by atoms with Crippen LogP contribution in [0.5, 0.6) is 0 Å². The zero-order valence-electron chi connectivity index (χ0n) is 5.62. The molecule has 0 radical (unpaired) electrons. The summed E-state index contributed by atoms with van der Waals surface area (Å²) in [6, 6.07) is 0.181. The summed E-state index contributed by atoms with van der Waals surface area (Å²) in [5.41, 5.74) is 0. The first-order chi connectivity index (χ1) is 4.24. The number of nitrogens with zero attached hydrogens (tertiary/aromatic N) is 1. The lowest BCUT2D eigenvalue weighted by molar-refractivity contribution is 0.180. The molecule has 2 atom stereocenters. The molecule has 1 aliphatic rings. The number of rotatable bonds is 1. The zero-order valence-corrected chi connectivity index (χ0v) is 5.62. The van der Waals surface area contributed by atoms with Crippen LogP contribution in [0.25, 0.3) is 0 Å². The van der Waals surface area contributed by atoms with Crippen molar-refractivity contribution in [1.82, 2.24) is 4.90 Å². The highest BCUT2D eigenvalue weighted by Crippen LogP contribution is 2.13. The largest absolute Gasteiger partial charge is 0.395 e. The van der Waals surface area contributed by atoms with Gasteiger partial charge >= 0.3 is 0 Å². The molecule has 2 N–H and O–H groups in total. The van der Waals surface area contributed by atoms with E-state index in [1.165, 1.54) is 0 Å². The van der Waals surface area contributed by atoms with Crippen LogP contribution in [0.2, 0.25) is 0 Å². The number of hydrogen-bond acceptors (Lipinski definition) is 3. The molecule has 3 heteroatoms. The lowest BCUT2D eigenvalue weighted by Gasteiger charge is -2.14. The van der Waals surface area contributed by atoms with Crippen LogP contribution in [-0.2, 0) is 0 Å². The van der Waals surface area contributed by atoms with E-state index >= 15 is 0 Å². The summed E-state index contributed by atoms with van der Waals surface area (Å²) in [6.07, 6.45) is 0.486. The van der Waals surface area contributed by atoms with E-state index in [9.17, 15) is 0 Å². The molecular formula is C6H13NO2. The lowest BCUT2D eigenvalue weighted by atomic mass is 10.2. The van der Waals surface area contributed by atoms with E-state index in [1.54, 1.807) is 0 Å². The molecule has 1 heterocycles. The molecule has 0 unspecified atom stereocenters. The first kappa shape index (κ1) is 6.99. The van der Waals surface area contributed by atoms with Gasteiger partial charge in [-0.15, -0.1) is 0 Å². The molecule has 1 rings (SSSR count). The van der Waals surface area contributed by atoms with Crippen LogP contribution in [-0.4, -0.2) is 47.5 Å². The van der Waals surface area contributed by atoms with Crippen LogP contribution >= 0.6 is 0 Å². The van der Waals surface area contributed by atoms with E-state index in [0.717, 1.165) is 0 Å². The van der Waals surface area contributed by atoms with Crippen LogP contribution in [0.1, 0.15) is 6.42 Å². The monoisotopic (exact) mass is 131 g/mol. The van der Waals surface area contributed by atoms with Gasteiger partial charge < -0.3 is 10.2 Å². The number of likely N-dealkylation sites (N-methyl/N-ethyl adjacent to an activating group) is 1. The van der Waals surface area contributed by atoms with Gasteiger partial charge in [0.05, 0.1) is 12.7 Å². The minimum absolute atomic E-state index is 0.160. The Morgan fingerprint density at radius 2 is 2.33 bits per heavy atom. The minimum Gasteiger partial charge on any atom is -0.395 e. The third-order valence-electron chi connectivity index (χ3n) is 1.88. The summed E-state index contributed by atoms with van der Waals surface area (Å²) in [5, 5.41) is 17.7. The molecular weight excluding hydrogens is 118 g/mol. The molecule has 0 aromatic rings. The van der Waals surface area contributed by atoms with Crippen molar-refractivity contribution in [3.05, 3.63) is 0 Å². The summed E-state index contributed by atoms with van der Waals surface area (Å²) in [4.78, 5) is 1.98. The third kappa shape index (κ3) is 1.41. The first-order valence-electron chi connectivity index (χ1n) is 3.23. The number of aliphatic hydroxyl groups excluding tert-OH is 2. The molecule has 54 valence electrons. The average molecular weight is 131 g/mol. The highest BCUT2D eigenvalue weighted by Gasteiger charge is 2.26. The summed E-state index contributed by atoms with van der Waals surface area (Å²) in [7, 11) is 1.91. The fourth-order valence-corrected chi connectivity index (χ4v) is 1.26. The van der Waals surface area contributed by atoms with Gasteiger partial charge in [-0.25, -0.2) is 0 Å². The molecule has 0 amide bonds. The first-order valence-corrected chi connectivity index (χ1v) is 3.23. The summed E-state index contributed by atoms with van der Waals surface area (Å²) in [5.74, 6) is 0. The summed E-state index contributed by atoms with van der Waals surface area (Å²) < 4.78 is 0. The molecule has 9 heavy (non-hydrogen) atoms. The van der Waals surface area contributed by atoms with Crippen molar-refractivity contribution in [3.63, 3.8) is 0 Å². The van der Waals surface area contributed by atoms with Crippen molar-refractivity contribution < 1.29 is 10.2 Å². The maximum absolute atomic E-state index is 9.05. The maximum atomic E-state index is 9.05. The van der Waals surface area contributed by atoms with E-state index in [1.807, 2.05) is 11.9 Å². The van der Waals surface area contributed by atoms with Crippen molar-refractivity contribution in [1.29, 1.82) is 0 Å². The molecule has 0 aliphatic carbocycles. The molecule has 0 saturated carbocycles. The van der Waals surface area contributed by atoms with Gasteiger partial charge in [-0.1, -0.05) is 0 Å². The molecule has 0 aromatic heterocycles. The Labute approximate surface area is 54.9 Å². The van der Waals surface area contributed by atoms with E-state index in [2.05, 4.69) is 0 Å². The Hall–Kier alpha value is -0.120. The molecule has 3 nitrogen and oxygen atoms in total. The Morgan fingerprint density at radius 3 is 2.56 bits per heavy atom. The third-order valence-corrected chi connectivity index (χ3v) is 1.88. The van der Waals surface area contributed by atoms with Crippen molar-refractivity contribution >= 4 is 0 Å². The Kier molecular flexibility index (Phi) is 2.05. The van der Waals surface area contributed by atoms with Gasteiger partial charge in [-0.3, -0.25) is 4.90 Å². The molecule has 0 spiro atoms. The van der Waals surface area contributed by atoms with Gasteiger partial charge in [0.1, 0.15) is 0 Å². The SMILES string of the molecule is CN1C[C@H](O)C[C@@H]1CO. The van der Waals surface area contributed by atoms with Crippen LogP contribution in [0.15, 0.2) is 0 Å². The van der Waals surface area contributed by atoms with Gasteiger partial charge in [0.2, 0.25) is 0 Å². The number of likely N-dealkylation sites (tertiary alicyclic amines) is 1. The molecule has 1 fully saturated rings. The molecule has 1 aliphatic heterocycles. The normalized spacial score (nSPS) is 37.7. The fraction of sp³-hybridized carbons (Fsp3) is 1.00. The van der Waals surface area contributed by atoms with Crippen molar-refractivity contribution in [3.8, 4) is 0 Å². The second-order valence-corrected chi connectivity index (χ2v) is 2.67. The molecule has 0 aromatic carbocycles. The minimum atomic E-state index is -0.229. The van der Waals surface area contributed by atoms with Crippen LogP contribution < -0.4 is 0 Å². The van der Waals surface area contributed by atoms with E-state index in [4.69, 9.17) is 10.2 Å². The number of aliphatic hydroxyl groups is 2. The van der Waals surface area contributed by atoms with E-state index in [-0.39, 0.29) is 18.8 Å². The van der Waals surface area contributed by atoms with Crippen molar-refractivity contribution in [2.24, 2.45) is 0 Å². The van der Waals surface area contributed by atoms with Crippen LogP contribution in [0.4, 0.5) is 0 Å².